The van der Waals surface area contributed by atoms with Gasteiger partial charge in [0.15, 0.2) is 11.5 Å². The first-order valence-corrected chi connectivity index (χ1v) is 9.52. The van der Waals surface area contributed by atoms with Gasteiger partial charge >= 0.3 is 18.1 Å². The van der Waals surface area contributed by atoms with Crippen LogP contribution < -0.4 is 14.9 Å². The van der Waals surface area contributed by atoms with E-state index >= 15 is 0 Å². The highest BCUT2D eigenvalue weighted by Gasteiger charge is 2.73. The standard InChI is InChI=1S/C19H13F7IN3O2/c1-31-15-7-13(9-29-30-19(25,26)17(20,21)18(22,23)24)6-14(27)16(15)32-10-12-4-2-11(8-28)3-5-12/h2-7,9,30H,10H2,1H3/b29-9-. The molecule has 172 valence electrons. The third kappa shape index (κ3) is 5.72. The third-order valence-corrected chi connectivity index (χ3v) is 4.69. The van der Waals surface area contributed by atoms with Gasteiger partial charge in [0.2, 0.25) is 0 Å². The lowest BCUT2D eigenvalue weighted by Gasteiger charge is -2.27. The molecule has 0 spiro atoms. The minimum atomic E-state index is -6.47. The minimum absolute atomic E-state index is 0.0654. The van der Waals surface area contributed by atoms with Gasteiger partial charge in [0.25, 0.3) is 0 Å². The molecule has 0 aromatic heterocycles. The maximum atomic E-state index is 13.2. The number of nitriles is 1. The van der Waals surface area contributed by atoms with E-state index in [1.165, 1.54) is 19.2 Å². The fourth-order valence-corrected chi connectivity index (χ4v) is 3.00. The molecular weight excluding hydrogens is 562 g/mol. The van der Waals surface area contributed by atoms with E-state index in [9.17, 15) is 30.7 Å². The quantitative estimate of drug-likeness (QED) is 0.149. The zero-order valence-electron chi connectivity index (χ0n) is 16.0. The second-order valence-corrected chi connectivity index (χ2v) is 7.31. The molecule has 0 fully saturated rings. The number of nitrogens with one attached hydrogen (secondary N) is 1. The lowest BCUT2D eigenvalue weighted by molar-refractivity contribution is -0.361. The fraction of sp³-hybridized carbons (Fsp3) is 0.263. The summed E-state index contributed by atoms with van der Waals surface area (Å²) in [6.07, 6.45) is -5.83. The van der Waals surface area contributed by atoms with Gasteiger partial charge < -0.3 is 9.47 Å². The zero-order chi connectivity index (χ0) is 24.2. The van der Waals surface area contributed by atoms with E-state index in [-0.39, 0.29) is 23.7 Å². The van der Waals surface area contributed by atoms with Crippen molar-refractivity contribution in [2.24, 2.45) is 5.10 Å². The summed E-state index contributed by atoms with van der Waals surface area (Å²) in [5.41, 5.74) is 1.83. The maximum absolute atomic E-state index is 13.2. The molecule has 0 unspecified atom stereocenters. The number of halogens is 8. The van der Waals surface area contributed by atoms with Gasteiger partial charge in [-0.1, -0.05) is 12.1 Å². The Hall–Kier alpha value is -2.76. The van der Waals surface area contributed by atoms with E-state index in [0.29, 0.717) is 20.8 Å². The van der Waals surface area contributed by atoms with Crippen molar-refractivity contribution < 1.29 is 40.2 Å². The van der Waals surface area contributed by atoms with Crippen molar-refractivity contribution in [1.82, 2.24) is 5.43 Å². The topological polar surface area (TPSA) is 66.6 Å². The van der Waals surface area contributed by atoms with Gasteiger partial charge in [0, 0.05) is 0 Å². The molecule has 0 atom stereocenters. The molecule has 32 heavy (non-hydrogen) atoms. The molecule has 0 aliphatic rings. The van der Waals surface area contributed by atoms with Crippen molar-refractivity contribution >= 4 is 28.8 Å². The van der Waals surface area contributed by atoms with Gasteiger partial charge in [-0.15, -0.1) is 0 Å². The van der Waals surface area contributed by atoms with E-state index in [0.717, 1.165) is 5.56 Å². The van der Waals surface area contributed by atoms with Gasteiger partial charge in [-0.25, -0.2) is 5.43 Å². The van der Waals surface area contributed by atoms with Gasteiger partial charge in [0.1, 0.15) is 6.61 Å². The van der Waals surface area contributed by atoms with Crippen molar-refractivity contribution in [3.05, 3.63) is 56.7 Å². The summed E-state index contributed by atoms with van der Waals surface area (Å²) in [6.45, 7) is 0.103. The molecule has 0 amide bonds. The molecule has 0 heterocycles. The summed E-state index contributed by atoms with van der Waals surface area (Å²) in [5.74, 6) is -5.91. The fourth-order valence-electron chi connectivity index (χ4n) is 2.22. The minimum Gasteiger partial charge on any atom is -0.493 e. The average Bonchev–Trinajstić information content (AvgIpc) is 2.72. The number of hydrogen-bond donors (Lipinski definition) is 1. The van der Waals surface area contributed by atoms with Crippen LogP contribution in [0.25, 0.3) is 0 Å². The molecule has 0 aliphatic carbocycles. The van der Waals surface area contributed by atoms with E-state index < -0.39 is 18.1 Å². The predicted octanol–water partition coefficient (Wildman–Crippen LogP) is 5.46. The normalized spacial score (nSPS) is 12.5. The average molecular weight is 575 g/mol. The number of ether oxygens (including phenoxy) is 2. The lowest BCUT2D eigenvalue weighted by Crippen LogP contribution is -2.58. The van der Waals surface area contributed by atoms with Gasteiger partial charge in [-0.3, -0.25) is 0 Å². The molecule has 2 aromatic rings. The zero-order valence-corrected chi connectivity index (χ0v) is 18.1. The van der Waals surface area contributed by atoms with E-state index in [1.54, 1.807) is 24.3 Å². The molecule has 13 heteroatoms. The van der Waals surface area contributed by atoms with Crippen LogP contribution in [-0.2, 0) is 6.61 Å². The van der Waals surface area contributed by atoms with Crippen LogP contribution in [-0.4, -0.2) is 31.5 Å². The highest BCUT2D eigenvalue weighted by molar-refractivity contribution is 14.1. The second kappa shape index (κ2) is 9.80. The van der Waals surface area contributed by atoms with E-state index in [2.05, 4.69) is 5.10 Å². The summed E-state index contributed by atoms with van der Waals surface area (Å²) in [7, 11) is 1.29. The van der Waals surface area contributed by atoms with Crippen LogP contribution in [0.2, 0.25) is 0 Å². The molecule has 0 saturated carbocycles. The first-order valence-electron chi connectivity index (χ1n) is 8.44. The molecule has 0 saturated heterocycles. The largest absolute Gasteiger partial charge is 0.493 e. The molecule has 2 rings (SSSR count). The number of rotatable bonds is 8. The monoisotopic (exact) mass is 575 g/mol. The summed E-state index contributed by atoms with van der Waals surface area (Å²) in [6, 6.07) is 5.51. The molecule has 1 N–H and O–H groups in total. The van der Waals surface area contributed by atoms with Crippen molar-refractivity contribution in [3.8, 4) is 17.6 Å². The highest BCUT2D eigenvalue weighted by atomic mass is 127. The SMILES string of the molecule is COc1cc(/C=N\NC(F)(F)C(F)(F)C(F)(F)F)cc(I)c1OCc1ccc(C#N)cc1. The number of hydrazone groups is 1. The molecule has 5 nitrogen and oxygen atoms in total. The first-order chi connectivity index (χ1) is 14.8. The van der Waals surface area contributed by atoms with Crippen molar-refractivity contribution in [2.45, 2.75) is 24.8 Å². The van der Waals surface area contributed by atoms with Crippen LogP contribution in [0.1, 0.15) is 16.7 Å². The van der Waals surface area contributed by atoms with Crippen LogP contribution in [0.3, 0.4) is 0 Å². The Morgan fingerprint density at radius 2 is 1.72 bits per heavy atom. The van der Waals surface area contributed by atoms with Crippen LogP contribution in [0.5, 0.6) is 11.5 Å². The molecule has 0 aliphatic heterocycles. The Morgan fingerprint density at radius 1 is 1.09 bits per heavy atom. The van der Waals surface area contributed by atoms with Crippen LogP contribution in [0.15, 0.2) is 41.5 Å². The number of methoxy groups -OCH3 is 1. The van der Waals surface area contributed by atoms with Gasteiger partial charge in [0.05, 0.1) is 28.5 Å². The Kier molecular flexibility index (Phi) is 7.81. The van der Waals surface area contributed by atoms with Crippen molar-refractivity contribution in [2.75, 3.05) is 7.11 Å². The summed E-state index contributed by atoms with van der Waals surface area (Å²) < 4.78 is 99.9. The van der Waals surface area contributed by atoms with Crippen LogP contribution in [0, 0.1) is 14.9 Å². The summed E-state index contributed by atoms with van der Waals surface area (Å²) in [4.78, 5) is 0. The molecule has 2 aromatic carbocycles. The molecule has 0 bridgehead atoms. The van der Waals surface area contributed by atoms with Crippen LogP contribution >= 0.6 is 22.6 Å². The van der Waals surface area contributed by atoms with E-state index in [4.69, 9.17) is 14.7 Å². The Morgan fingerprint density at radius 3 is 2.25 bits per heavy atom. The van der Waals surface area contributed by atoms with Crippen molar-refractivity contribution in [1.29, 1.82) is 5.26 Å². The number of benzene rings is 2. The molecular formula is C19H13F7IN3O2. The Bertz CT molecular complexity index is 1020. The van der Waals surface area contributed by atoms with E-state index in [1.807, 2.05) is 28.7 Å². The number of hydrogen-bond acceptors (Lipinski definition) is 5. The maximum Gasteiger partial charge on any atom is 0.462 e. The molecule has 0 radical (unpaired) electrons. The van der Waals surface area contributed by atoms with Crippen molar-refractivity contribution in [3.63, 3.8) is 0 Å². The predicted molar refractivity (Wildman–Crippen MR) is 108 cm³/mol. The number of nitrogens with zero attached hydrogens (tertiary/aromatic N) is 2. The second-order valence-electron chi connectivity index (χ2n) is 6.15. The Labute approximate surface area is 190 Å². The number of alkyl halides is 7. The third-order valence-electron chi connectivity index (χ3n) is 3.89. The highest BCUT2D eigenvalue weighted by Crippen LogP contribution is 2.45. The first kappa shape index (κ1) is 25.5. The van der Waals surface area contributed by atoms with Crippen LogP contribution in [0.4, 0.5) is 30.7 Å². The van der Waals surface area contributed by atoms with Gasteiger partial charge in [-0.2, -0.15) is 41.1 Å². The lowest BCUT2D eigenvalue weighted by atomic mass is 10.1. The van der Waals surface area contributed by atoms with Gasteiger partial charge in [-0.05, 0) is 58.0 Å². The Balaban J connectivity index is 2.16. The smallest absolute Gasteiger partial charge is 0.462 e. The summed E-state index contributed by atoms with van der Waals surface area (Å²) >= 11 is 1.83. The summed E-state index contributed by atoms with van der Waals surface area (Å²) in [5, 5.41) is 11.6.